The van der Waals surface area contributed by atoms with E-state index in [1.165, 1.54) is 0 Å². The van der Waals surface area contributed by atoms with Crippen molar-refractivity contribution in [1.29, 1.82) is 0 Å². The normalized spacial score (nSPS) is 24.7. The van der Waals surface area contributed by atoms with Crippen molar-refractivity contribution >= 4 is 21.7 Å². The van der Waals surface area contributed by atoms with Gasteiger partial charge in [0.2, 0.25) is 0 Å². The van der Waals surface area contributed by atoms with E-state index in [1.54, 1.807) is 6.33 Å². The number of rotatable bonds is 4. The molecule has 0 atom stereocenters. The Morgan fingerprint density at radius 2 is 2.33 bits per heavy atom. The maximum atomic E-state index is 5.49. The SMILES string of the molecule is CCOC1CC(Nc2cc(Br)ncn2)C1. The minimum absolute atomic E-state index is 0.428. The van der Waals surface area contributed by atoms with Gasteiger partial charge in [-0.3, -0.25) is 0 Å². The number of nitrogens with one attached hydrogen (secondary N) is 1. The van der Waals surface area contributed by atoms with Gasteiger partial charge in [-0.25, -0.2) is 9.97 Å². The molecule has 0 aliphatic heterocycles. The first-order valence-electron chi connectivity index (χ1n) is 5.13. The number of hydrogen-bond donors (Lipinski definition) is 1. The molecule has 0 bridgehead atoms. The molecule has 4 nitrogen and oxygen atoms in total. The molecule has 0 aromatic carbocycles. The van der Waals surface area contributed by atoms with Crippen LogP contribution in [0.5, 0.6) is 0 Å². The Balaban J connectivity index is 1.80. The predicted octanol–water partition coefficient (Wildman–Crippen LogP) is 2.22. The third-order valence-electron chi connectivity index (χ3n) is 2.48. The van der Waals surface area contributed by atoms with Crippen LogP contribution in [-0.4, -0.2) is 28.7 Å². The van der Waals surface area contributed by atoms with Crippen molar-refractivity contribution in [3.05, 3.63) is 17.0 Å². The first-order chi connectivity index (χ1) is 7.28. The molecule has 1 aromatic heterocycles. The number of aromatic nitrogens is 2. The van der Waals surface area contributed by atoms with Gasteiger partial charge in [0, 0.05) is 18.7 Å². The monoisotopic (exact) mass is 271 g/mol. The van der Waals surface area contributed by atoms with Gasteiger partial charge in [-0.15, -0.1) is 0 Å². The molecule has 1 aliphatic carbocycles. The van der Waals surface area contributed by atoms with Crippen LogP contribution in [0.3, 0.4) is 0 Å². The van der Waals surface area contributed by atoms with Crippen molar-refractivity contribution in [2.24, 2.45) is 0 Å². The highest BCUT2D eigenvalue weighted by molar-refractivity contribution is 9.10. The lowest BCUT2D eigenvalue weighted by Crippen LogP contribution is -2.41. The van der Waals surface area contributed by atoms with Crippen LogP contribution < -0.4 is 5.32 Å². The highest BCUT2D eigenvalue weighted by Crippen LogP contribution is 2.26. The molecule has 1 aliphatic rings. The summed E-state index contributed by atoms with van der Waals surface area (Å²) in [6.07, 6.45) is 4.11. The lowest BCUT2D eigenvalue weighted by atomic mass is 9.89. The molecule has 0 unspecified atom stereocenters. The fourth-order valence-electron chi connectivity index (χ4n) is 1.68. The number of halogens is 1. The van der Waals surface area contributed by atoms with Crippen molar-refractivity contribution in [1.82, 2.24) is 9.97 Å². The van der Waals surface area contributed by atoms with Crippen molar-refractivity contribution in [2.75, 3.05) is 11.9 Å². The van der Waals surface area contributed by atoms with Gasteiger partial charge in [0.25, 0.3) is 0 Å². The first-order valence-corrected chi connectivity index (χ1v) is 5.93. The number of nitrogens with zero attached hydrogens (tertiary/aromatic N) is 2. The smallest absolute Gasteiger partial charge is 0.130 e. The third-order valence-corrected chi connectivity index (χ3v) is 2.92. The average Bonchev–Trinajstić information content (AvgIpc) is 2.15. The predicted molar refractivity (Wildman–Crippen MR) is 61.8 cm³/mol. The van der Waals surface area contributed by atoms with Crippen LogP contribution in [0, 0.1) is 0 Å². The molecule has 82 valence electrons. The van der Waals surface area contributed by atoms with Crippen LogP contribution >= 0.6 is 15.9 Å². The van der Waals surface area contributed by atoms with Crippen LogP contribution in [0.4, 0.5) is 5.82 Å². The summed E-state index contributed by atoms with van der Waals surface area (Å²) in [5.41, 5.74) is 0. The first kappa shape index (κ1) is 10.8. The number of anilines is 1. The topological polar surface area (TPSA) is 47.0 Å². The molecule has 1 fully saturated rings. The van der Waals surface area contributed by atoms with E-state index in [2.05, 4.69) is 31.2 Å². The lowest BCUT2D eigenvalue weighted by Gasteiger charge is -2.35. The van der Waals surface area contributed by atoms with E-state index in [4.69, 9.17) is 4.74 Å². The van der Waals surface area contributed by atoms with Gasteiger partial charge in [0.05, 0.1) is 6.10 Å². The molecular formula is C10H14BrN3O. The fraction of sp³-hybridized carbons (Fsp3) is 0.600. The number of ether oxygens (including phenoxy) is 1. The Morgan fingerprint density at radius 3 is 3.00 bits per heavy atom. The quantitative estimate of drug-likeness (QED) is 0.854. The molecule has 1 aromatic rings. The Kier molecular flexibility index (Phi) is 3.53. The molecule has 15 heavy (non-hydrogen) atoms. The molecule has 1 N–H and O–H groups in total. The Morgan fingerprint density at radius 1 is 1.53 bits per heavy atom. The van der Waals surface area contributed by atoms with Gasteiger partial charge in [-0.05, 0) is 35.7 Å². The van der Waals surface area contributed by atoms with Gasteiger partial charge >= 0.3 is 0 Å². The summed E-state index contributed by atoms with van der Waals surface area (Å²) >= 11 is 3.31. The second kappa shape index (κ2) is 4.90. The van der Waals surface area contributed by atoms with Crippen molar-refractivity contribution < 1.29 is 4.74 Å². The molecule has 1 heterocycles. The highest BCUT2D eigenvalue weighted by atomic mass is 79.9. The molecule has 0 spiro atoms. The zero-order valence-corrected chi connectivity index (χ0v) is 10.2. The summed E-state index contributed by atoms with van der Waals surface area (Å²) in [4.78, 5) is 8.12. The standard InChI is InChI=1S/C10H14BrN3O/c1-2-15-8-3-7(4-8)14-10-5-9(11)12-6-13-10/h5-8H,2-4H2,1H3,(H,12,13,14). The lowest BCUT2D eigenvalue weighted by molar-refractivity contribution is 0.00292. The van der Waals surface area contributed by atoms with E-state index < -0.39 is 0 Å². The maximum absolute atomic E-state index is 5.49. The average molecular weight is 272 g/mol. The van der Waals surface area contributed by atoms with Crippen LogP contribution in [-0.2, 0) is 4.74 Å². The zero-order chi connectivity index (χ0) is 10.7. The molecule has 0 saturated heterocycles. The maximum Gasteiger partial charge on any atom is 0.130 e. The molecule has 1 saturated carbocycles. The van der Waals surface area contributed by atoms with Crippen LogP contribution in [0.15, 0.2) is 17.0 Å². The summed E-state index contributed by atoms with van der Waals surface area (Å²) in [5.74, 6) is 0.872. The van der Waals surface area contributed by atoms with Gasteiger partial charge < -0.3 is 10.1 Å². The van der Waals surface area contributed by atoms with Gasteiger partial charge in [0.1, 0.15) is 16.7 Å². The van der Waals surface area contributed by atoms with E-state index in [9.17, 15) is 0 Å². The second-order valence-electron chi connectivity index (χ2n) is 3.62. The van der Waals surface area contributed by atoms with E-state index in [-0.39, 0.29) is 0 Å². The highest BCUT2D eigenvalue weighted by Gasteiger charge is 2.29. The zero-order valence-electron chi connectivity index (χ0n) is 8.61. The summed E-state index contributed by atoms with van der Waals surface area (Å²) < 4.78 is 6.29. The summed E-state index contributed by atoms with van der Waals surface area (Å²) in [6, 6.07) is 2.37. The fourth-order valence-corrected chi connectivity index (χ4v) is 1.99. The Labute approximate surface area is 97.6 Å². The van der Waals surface area contributed by atoms with Gasteiger partial charge in [0.15, 0.2) is 0 Å². The largest absolute Gasteiger partial charge is 0.378 e. The summed E-state index contributed by atoms with van der Waals surface area (Å²) in [5, 5.41) is 3.35. The van der Waals surface area contributed by atoms with E-state index >= 15 is 0 Å². The Hall–Kier alpha value is -0.680. The van der Waals surface area contributed by atoms with Crippen LogP contribution in [0.1, 0.15) is 19.8 Å². The van der Waals surface area contributed by atoms with E-state index in [0.717, 1.165) is 29.9 Å². The summed E-state index contributed by atoms with van der Waals surface area (Å²) in [7, 11) is 0. The van der Waals surface area contributed by atoms with E-state index in [1.807, 2.05) is 13.0 Å². The second-order valence-corrected chi connectivity index (χ2v) is 4.43. The van der Waals surface area contributed by atoms with Crippen LogP contribution in [0.25, 0.3) is 0 Å². The third kappa shape index (κ3) is 2.89. The van der Waals surface area contributed by atoms with Crippen molar-refractivity contribution in [3.8, 4) is 0 Å². The van der Waals surface area contributed by atoms with E-state index in [0.29, 0.717) is 12.1 Å². The molecule has 0 amide bonds. The molecule has 2 rings (SSSR count). The van der Waals surface area contributed by atoms with Gasteiger partial charge in [-0.1, -0.05) is 0 Å². The molecule has 5 heteroatoms. The summed E-state index contributed by atoms with van der Waals surface area (Å²) in [6.45, 7) is 2.83. The van der Waals surface area contributed by atoms with Crippen molar-refractivity contribution in [3.63, 3.8) is 0 Å². The molecule has 0 radical (unpaired) electrons. The number of hydrogen-bond acceptors (Lipinski definition) is 4. The minimum Gasteiger partial charge on any atom is -0.378 e. The Bertz CT molecular complexity index is 328. The van der Waals surface area contributed by atoms with Crippen molar-refractivity contribution in [2.45, 2.75) is 31.9 Å². The van der Waals surface area contributed by atoms with Gasteiger partial charge in [-0.2, -0.15) is 0 Å². The minimum atomic E-state index is 0.428. The van der Waals surface area contributed by atoms with Crippen LogP contribution in [0.2, 0.25) is 0 Å². The molecular weight excluding hydrogens is 258 g/mol.